The number of benzene rings is 1. The minimum absolute atomic E-state index is 0.214. The lowest BCUT2D eigenvalue weighted by molar-refractivity contribution is -0.296. The van der Waals surface area contributed by atoms with Gasteiger partial charge in [-0.1, -0.05) is 45.9 Å². The zero-order chi connectivity index (χ0) is 43.8. The van der Waals surface area contributed by atoms with Crippen molar-refractivity contribution < 1.29 is 47.6 Å². The van der Waals surface area contributed by atoms with Crippen molar-refractivity contribution in [3.8, 4) is 0 Å². The number of aliphatic hydroxyl groups is 1. The Balaban J connectivity index is 1.51. The smallest absolute Gasteiger partial charge is 0.425 e. The van der Waals surface area contributed by atoms with Gasteiger partial charge in [-0.05, 0) is 104 Å². The van der Waals surface area contributed by atoms with E-state index in [0.29, 0.717) is 25.9 Å². The summed E-state index contributed by atoms with van der Waals surface area (Å²) in [6.45, 7) is 16.0. The van der Waals surface area contributed by atoms with Crippen LogP contribution in [-0.2, 0) is 39.7 Å². The SMILES string of the molecule is CCN(CCCc1cccc2ncccc12)N1C(=O)O[C@]2(C)[C@H](C)OC(=O)C(C)(F)C(=O)[C@H](C)[C@@H](O[C@@H]3O[C@H](C)C[C@H](N(C)C)[C@H]3O)[C@@](C)(OC)C[C@@H](C)C(N)[C@@H](C)[C@@H]12. The van der Waals surface area contributed by atoms with Crippen molar-refractivity contribution in [1.29, 1.82) is 0 Å². The number of ketones is 1. The lowest BCUT2D eigenvalue weighted by Gasteiger charge is -2.48. The van der Waals surface area contributed by atoms with Gasteiger partial charge in [0.05, 0.1) is 29.4 Å². The Kier molecular flexibility index (Phi) is 14.5. The number of nitrogens with two attached hydrogens (primary N) is 1. The number of aromatic nitrogens is 1. The predicted molar refractivity (Wildman–Crippen MR) is 221 cm³/mol. The van der Waals surface area contributed by atoms with Crippen molar-refractivity contribution in [3.05, 3.63) is 42.1 Å². The van der Waals surface area contributed by atoms with Crippen LogP contribution in [0.3, 0.4) is 0 Å². The zero-order valence-electron chi connectivity index (χ0n) is 37.0. The standard InChI is InChI=1S/C44H68FN5O9/c1-13-49(22-16-18-30-17-14-20-32-31(30)19-15-21-47-32)50-36-27(4)34(46)25(2)24-42(7,55-12)38(58-39-35(51)33(48(10)11)23-26(3)56-39)28(5)37(52)43(8,45)40(53)57-29(6)44(36,9)59-41(50)54/h14-15,17,19-21,25-29,33-36,38-39,51H,13,16,18,22-24,46H2,1-12H3/t25-,26-,27-,28+,29+,33+,34?,35-,36-,38-,39+,42+,43?,44-/m1/s1. The average Bonchev–Trinajstić information content (AvgIpc) is 3.47. The number of alkyl halides is 1. The van der Waals surface area contributed by atoms with Gasteiger partial charge in [0.2, 0.25) is 0 Å². The molecule has 59 heavy (non-hydrogen) atoms. The Morgan fingerprint density at radius 2 is 1.76 bits per heavy atom. The lowest BCUT2D eigenvalue weighted by Crippen LogP contribution is -2.64. The Hall–Kier alpha value is -3.31. The van der Waals surface area contributed by atoms with Crippen LogP contribution in [0.4, 0.5) is 9.18 Å². The summed E-state index contributed by atoms with van der Waals surface area (Å²) in [6, 6.07) is 8.30. The van der Waals surface area contributed by atoms with Crippen LogP contribution in [0.5, 0.6) is 0 Å². The van der Waals surface area contributed by atoms with E-state index in [1.807, 2.05) is 76.0 Å². The average molecular weight is 830 g/mol. The van der Waals surface area contributed by atoms with E-state index in [9.17, 15) is 19.5 Å². The van der Waals surface area contributed by atoms with Gasteiger partial charge in [-0.2, -0.15) is 0 Å². The molecule has 3 fully saturated rings. The molecule has 0 aliphatic carbocycles. The molecule has 0 bridgehead atoms. The number of methoxy groups -OCH3 is 1. The van der Waals surface area contributed by atoms with Gasteiger partial charge in [0.25, 0.3) is 5.67 Å². The summed E-state index contributed by atoms with van der Waals surface area (Å²) in [6.07, 6.45) is -1.75. The number of nitrogens with zero attached hydrogens (tertiary/aromatic N) is 4. The van der Waals surface area contributed by atoms with Gasteiger partial charge in [-0.15, -0.1) is 0 Å². The van der Waals surface area contributed by atoms with Crippen molar-refractivity contribution in [2.24, 2.45) is 23.5 Å². The largest absolute Gasteiger partial charge is 0.456 e. The van der Waals surface area contributed by atoms with Crippen LogP contribution >= 0.6 is 0 Å². The van der Waals surface area contributed by atoms with E-state index in [1.54, 1.807) is 32.0 Å². The van der Waals surface area contributed by atoms with Crippen LogP contribution in [0.15, 0.2) is 36.5 Å². The van der Waals surface area contributed by atoms with Crippen molar-refractivity contribution in [1.82, 2.24) is 19.9 Å². The molecule has 330 valence electrons. The summed E-state index contributed by atoms with van der Waals surface area (Å²) in [7, 11) is 5.17. The summed E-state index contributed by atoms with van der Waals surface area (Å²) in [5.74, 6) is -4.64. The molecule has 3 aliphatic rings. The lowest BCUT2D eigenvalue weighted by atomic mass is 9.72. The molecule has 0 saturated carbocycles. The number of rotatable bonds is 10. The minimum Gasteiger partial charge on any atom is -0.456 e. The third-order valence-corrected chi connectivity index (χ3v) is 13.5. The molecule has 0 radical (unpaired) electrons. The molecule has 0 spiro atoms. The van der Waals surface area contributed by atoms with Crippen LogP contribution in [0.2, 0.25) is 0 Å². The number of aliphatic hydroxyl groups excluding tert-OH is 1. The molecule has 3 aliphatic heterocycles. The second-order valence-corrected chi connectivity index (χ2v) is 17.9. The maximum absolute atomic E-state index is 16.9. The van der Waals surface area contributed by atoms with E-state index in [1.165, 1.54) is 14.0 Å². The first kappa shape index (κ1) is 46.8. The molecule has 3 saturated heterocycles. The molecule has 3 N–H and O–H groups in total. The van der Waals surface area contributed by atoms with Crippen LogP contribution in [0, 0.1) is 17.8 Å². The fraction of sp³-hybridized carbons (Fsp3) is 0.727. The first-order chi connectivity index (χ1) is 27.6. The summed E-state index contributed by atoms with van der Waals surface area (Å²) >= 11 is 0. The highest BCUT2D eigenvalue weighted by Crippen LogP contribution is 2.44. The minimum atomic E-state index is -3.14. The number of hydrogen-bond acceptors (Lipinski definition) is 13. The molecule has 15 heteroatoms. The second kappa shape index (κ2) is 18.3. The number of esters is 1. The first-order valence-corrected chi connectivity index (χ1v) is 21.1. The number of amides is 1. The van der Waals surface area contributed by atoms with E-state index in [0.717, 1.165) is 29.8 Å². The summed E-state index contributed by atoms with van der Waals surface area (Å²) in [5.41, 5.74) is 3.30. The predicted octanol–water partition coefficient (Wildman–Crippen LogP) is 5.07. The molecular formula is C44H68FN5O9. The van der Waals surface area contributed by atoms with E-state index >= 15 is 4.39 Å². The van der Waals surface area contributed by atoms with E-state index in [4.69, 9.17) is 29.4 Å². The van der Waals surface area contributed by atoms with Gasteiger partial charge in [0, 0.05) is 49.8 Å². The normalized spacial score (nSPS) is 39.0. The van der Waals surface area contributed by atoms with Gasteiger partial charge >= 0.3 is 12.1 Å². The molecule has 1 aromatic heterocycles. The molecule has 1 aromatic carbocycles. The highest BCUT2D eigenvalue weighted by Gasteiger charge is 2.62. The number of pyridine rings is 1. The van der Waals surface area contributed by atoms with Crippen LogP contribution in [0.1, 0.15) is 87.1 Å². The topological polar surface area (TPSA) is 166 Å². The van der Waals surface area contributed by atoms with Crippen molar-refractivity contribution in [3.63, 3.8) is 0 Å². The quantitative estimate of drug-likeness (QED) is 0.241. The Bertz CT molecular complexity index is 1800. The fourth-order valence-electron chi connectivity index (χ4n) is 9.73. The first-order valence-electron chi connectivity index (χ1n) is 21.1. The van der Waals surface area contributed by atoms with Crippen LogP contribution < -0.4 is 5.73 Å². The van der Waals surface area contributed by atoms with Gasteiger partial charge in [0.1, 0.15) is 12.2 Å². The molecule has 2 unspecified atom stereocenters. The number of fused-ring (bicyclic) bond motifs is 2. The number of hydrazine groups is 1. The van der Waals surface area contributed by atoms with Gasteiger partial charge in [-0.25, -0.2) is 24.0 Å². The fourth-order valence-corrected chi connectivity index (χ4v) is 9.73. The Morgan fingerprint density at radius 3 is 2.41 bits per heavy atom. The third kappa shape index (κ3) is 9.17. The Morgan fingerprint density at radius 1 is 1.07 bits per heavy atom. The van der Waals surface area contributed by atoms with Crippen LogP contribution in [0.25, 0.3) is 10.9 Å². The number of carbonyl (C=O) groups excluding carboxylic acids is 3. The molecule has 14 atom stereocenters. The summed E-state index contributed by atoms with van der Waals surface area (Å²) in [4.78, 5) is 48.7. The van der Waals surface area contributed by atoms with Crippen LogP contribution in [-0.4, -0.2) is 143 Å². The maximum atomic E-state index is 16.9. The molecule has 14 nitrogen and oxygen atoms in total. The van der Waals surface area contributed by atoms with Gasteiger partial charge in [0.15, 0.2) is 17.7 Å². The number of carbonyl (C=O) groups is 3. The number of aryl methyl sites for hydroxylation is 1. The number of hydrogen-bond donors (Lipinski definition) is 2. The Labute approximate surface area is 349 Å². The molecular weight excluding hydrogens is 762 g/mol. The number of cyclic esters (lactones) is 1. The molecule has 5 rings (SSSR count). The molecule has 1 amide bonds. The van der Waals surface area contributed by atoms with E-state index in [2.05, 4.69) is 11.1 Å². The molecule has 4 heterocycles. The number of Topliss-reactive ketones (excluding diaryl/α,β-unsaturated/α-hetero) is 1. The highest BCUT2D eigenvalue weighted by atomic mass is 19.1. The zero-order valence-corrected chi connectivity index (χ0v) is 37.0. The monoisotopic (exact) mass is 830 g/mol. The number of halogens is 1. The third-order valence-electron chi connectivity index (χ3n) is 13.5. The highest BCUT2D eigenvalue weighted by molar-refractivity contribution is 6.07. The van der Waals surface area contributed by atoms with Crippen molar-refractivity contribution >= 4 is 28.7 Å². The summed E-state index contributed by atoms with van der Waals surface area (Å²) in [5, 5.41) is 16.0. The summed E-state index contributed by atoms with van der Waals surface area (Å²) < 4.78 is 47.8. The van der Waals surface area contributed by atoms with Gasteiger partial charge < -0.3 is 39.4 Å². The second-order valence-electron chi connectivity index (χ2n) is 17.9. The molecule has 2 aromatic rings. The number of ether oxygens (including phenoxy) is 5. The van der Waals surface area contributed by atoms with Crippen molar-refractivity contribution in [2.45, 2.75) is 154 Å². The van der Waals surface area contributed by atoms with E-state index in [-0.39, 0.29) is 24.5 Å². The van der Waals surface area contributed by atoms with E-state index < -0.39 is 83.2 Å². The maximum Gasteiger partial charge on any atom is 0.425 e. The van der Waals surface area contributed by atoms with Gasteiger partial charge in [-0.3, -0.25) is 9.78 Å². The van der Waals surface area contributed by atoms with Crippen molar-refractivity contribution in [2.75, 3.05) is 34.3 Å². The number of likely N-dealkylation sites (N-methyl/N-ethyl adjacent to an activating group) is 1.